The molecule has 1 saturated heterocycles. The highest BCUT2D eigenvalue weighted by molar-refractivity contribution is 5.86. The first kappa shape index (κ1) is 10.7. The number of carbonyl (C=O) groups excluding carboxylic acids is 2. The number of nitrogens with one attached hydrogen (secondary N) is 1. The van der Waals surface area contributed by atoms with Crippen LogP contribution in [0.25, 0.3) is 0 Å². The summed E-state index contributed by atoms with van der Waals surface area (Å²) in [6, 6.07) is 8.96. The molecule has 0 spiro atoms. The van der Waals surface area contributed by atoms with Gasteiger partial charge >= 0.3 is 5.97 Å². The topological polar surface area (TPSA) is 55.4 Å². The zero-order valence-electron chi connectivity index (χ0n) is 8.81. The second-order valence-electron chi connectivity index (χ2n) is 3.74. The maximum Gasteiger partial charge on any atom is 0.328 e. The zero-order chi connectivity index (χ0) is 11.4. The van der Waals surface area contributed by atoms with Crippen LogP contribution in [0, 0.1) is 0 Å². The molecule has 1 aliphatic rings. The summed E-state index contributed by atoms with van der Waals surface area (Å²) in [5, 5.41) is 2.66. The van der Waals surface area contributed by atoms with Gasteiger partial charge in [-0.1, -0.05) is 30.3 Å². The number of esters is 1. The molecule has 1 unspecified atom stereocenters. The van der Waals surface area contributed by atoms with Crippen LogP contribution in [0.5, 0.6) is 0 Å². The fourth-order valence-corrected chi connectivity index (χ4v) is 1.65. The first-order valence-electron chi connectivity index (χ1n) is 5.25. The van der Waals surface area contributed by atoms with Gasteiger partial charge in [0.05, 0.1) is 13.0 Å². The third-order valence-corrected chi connectivity index (χ3v) is 2.48. The molecule has 1 N–H and O–H groups in total. The van der Waals surface area contributed by atoms with Crippen LogP contribution in [0.2, 0.25) is 0 Å². The predicted molar refractivity (Wildman–Crippen MR) is 57.7 cm³/mol. The Hall–Kier alpha value is -1.84. The van der Waals surface area contributed by atoms with Gasteiger partial charge in [0.2, 0.25) is 5.91 Å². The molecule has 4 heteroatoms. The van der Waals surface area contributed by atoms with Crippen molar-refractivity contribution in [1.29, 1.82) is 0 Å². The first-order chi connectivity index (χ1) is 7.75. The Morgan fingerprint density at radius 1 is 1.38 bits per heavy atom. The molecule has 0 aromatic heterocycles. The van der Waals surface area contributed by atoms with Crippen LogP contribution in [0.3, 0.4) is 0 Å². The lowest BCUT2D eigenvalue weighted by molar-refractivity contribution is -0.141. The summed E-state index contributed by atoms with van der Waals surface area (Å²) in [7, 11) is 0. The molecule has 1 amide bonds. The summed E-state index contributed by atoms with van der Waals surface area (Å²) >= 11 is 0. The lowest BCUT2D eigenvalue weighted by Gasteiger charge is -2.08. The van der Waals surface area contributed by atoms with Crippen molar-refractivity contribution in [2.45, 2.75) is 18.9 Å². The van der Waals surface area contributed by atoms with Gasteiger partial charge in [-0.05, 0) is 5.56 Å². The van der Waals surface area contributed by atoms with Crippen LogP contribution < -0.4 is 5.32 Å². The van der Waals surface area contributed by atoms with Gasteiger partial charge in [-0.2, -0.15) is 0 Å². The molecule has 2 rings (SSSR count). The van der Waals surface area contributed by atoms with Gasteiger partial charge in [-0.25, -0.2) is 4.79 Å². The molecule has 0 bridgehead atoms. The van der Waals surface area contributed by atoms with Gasteiger partial charge in [0.25, 0.3) is 0 Å². The van der Waals surface area contributed by atoms with Crippen molar-refractivity contribution in [3.8, 4) is 0 Å². The van der Waals surface area contributed by atoms with Crippen molar-refractivity contribution in [3.05, 3.63) is 35.9 Å². The fourth-order valence-electron chi connectivity index (χ4n) is 1.65. The van der Waals surface area contributed by atoms with E-state index in [2.05, 4.69) is 5.32 Å². The van der Waals surface area contributed by atoms with Gasteiger partial charge in [0.1, 0.15) is 6.04 Å². The van der Waals surface area contributed by atoms with E-state index >= 15 is 0 Å². The quantitative estimate of drug-likeness (QED) is 0.760. The standard InChI is InChI=1S/C12H13NO3/c14-11(8-9-4-2-1-3-5-9)13-10-6-7-16-12(10)15/h1-5,10H,6-8H2,(H,13,14). The Kier molecular flexibility index (Phi) is 3.19. The van der Waals surface area contributed by atoms with E-state index in [0.717, 1.165) is 5.56 Å². The number of hydrogen-bond donors (Lipinski definition) is 1. The van der Waals surface area contributed by atoms with Gasteiger partial charge in [-0.3, -0.25) is 4.79 Å². The van der Waals surface area contributed by atoms with Crippen LogP contribution >= 0.6 is 0 Å². The molecule has 4 nitrogen and oxygen atoms in total. The summed E-state index contributed by atoms with van der Waals surface area (Å²) < 4.78 is 4.76. The highest BCUT2D eigenvalue weighted by atomic mass is 16.5. The normalized spacial score (nSPS) is 19.2. The molecule has 0 saturated carbocycles. The van der Waals surface area contributed by atoms with E-state index in [-0.39, 0.29) is 11.9 Å². The number of benzene rings is 1. The van der Waals surface area contributed by atoms with Crippen molar-refractivity contribution in [1.82, 2.24) is 5.32 Å². The average Bonchev–Trinajstić information content (AvgIpc) is 2.66. The highest BCUT2D eigenvalue weighted by Gasteiger charge is 2.27. The maximum absolute atomic E-state index is 11.6. The number of rotatable bonds is 3. The second kappa shape index (κ2) is 4.79. The van der Waals surface area contributed by atoms with E-state index in [4.69, 9.17) is 4.74 Å². The molecule has 1 fully saturated rings. The van der Waals surface area contributed by atoms with E-state index in [1.165, 1.54) is 0 Å². The lowest BCUT2D eigenvalue weighted by atomic mass is 10.1. The zero-order valence-corrected chi connectivity index (χ0v) is 8.81. The molecule has 1 heterocycles. The molecular weight excluding hydrogens is 206 g/mol. The monoisotopic (exact) mass is 219 g/mol. The van der Waals surface area contributed by atoms with Crippen LogP contribution in [-0.2, 0) is 20.7 Å². The summed E-state index contributed by atoms with van der Waals surface area (Å²) in [5.41, 5.74) is 0.936. The Labute approximate surface area is 93.6 Å². The molecule has 1 aromatic carbocycles. The van der Waals surface area contributed by atoms with E-state index in [1.807, 2.05) is 30.3 Å². The number of ether oxygens (including phenoxy) is 1. The van der Waals surface area contributed by atoms with Crippen LogP contribution in [0.1, 0.15) is 12.0 Å². The maximum atomic E-state index is 11.6. The van der Waals surface area contributed by atoms with Gasteiger partial charge < -0.3 is 10.1 Å². The number of carbonyl (C=O) groups is 2. The molecule has 1 atom stereocenters. The van der Waals surface area contributed by atoms with Crippen molar-refractivity contribution < 1.29 is 14.3 Å². The van der Waals surface area contributed by atoms with Crippen LogP contribution in [-0.4, -0.2) is 24.5 Å². The minimum atomic E-state index is -0.462. The smallest absolute Gasteiger partial charge is 0.328 e. The summed E-state index contributed by atoms with van der Waals surface area (Å²) in [4.78, 5) is 22.7. The third kappa shape index (κ3) is 2.59. The average molecular weight is 219 g/mol. The minimum Gasteiger partial charge on any atom is -0.464 e. The molecule has 1 aromatic rings. The molecule has 1 aliphatic heterocycles. The third-order valence-electron chi connectivity index (χ3n) is 2.48. The van der Waals surface area contributed by atoms with E-state index in [1.54, 1.807) is 0 Å². The Morgan fingerprint density at radius 2 is 2.12 bits per heavy atom. The lowest BCUT2D eigenvalue weighted by Crippen LogP contribution is -2.38. The summed E-state index contributed by atoms with van der Waals surface area (Å²) in [6.45, 7) is 0.398. The van der Waals surface area contributed by atoms with Crippen LogP contribution in [0.4, 0.5) is 0 Å². The number of hydrogen-bond acceptors (Lipinski definition) is 3. The number of amides is 1. The van der Waals surface area contributed by atoms with Crippen LogP contribution in [0.15, 0.2) is 30.3 Å². The summed E-state index contributed by atoms with van der Waals surface area (Å²) in [6.07, 6.45) is 0.865. The van der Waals surface area contributed by atoms with E-state index in [0.29, 0.717) is 19.4 Å². The van der Waals surface area contributed by atoms with Gasteiger partial charge in [-0.15, -0.1) is 0 Å². The van der Waals surface area contributed by atoms with Crippen molar-refractivity contribution in [3.63, 3.8) is 0 Å². The molecular formula is C12H13NO3. The van der Waals surface area contributed by atoms with Crippen molar-refractivity contribution in [2.24, 2.45) is 0 Å². The molecule has 0 aliphatic carbocycles. The minimum absolute atomic E-state index is 0.143. The Balaban J connectivity index is 1.87. The first-order valence-corrected chi connectivity index (χ1v) is 5.25. The Morgan fingerprint density at radius 3 is 2.75 bits per heavy atom. The van der Waals surface area contributed by atoms with Gasteiger partial charge in [0.15, 0.2) is 0 Å². The highest BCUT2D eigenvalue weighted by Crippen LogP contribution is 2.06. The molecule has 84 valence electrons. The Bertz CT molecular complexity index is 389. The summed E-state index contributed by atoms with van der Waals surface area (Å²) in [5.74, 6) is -0.475. The SMILES string of the molecule is O=C(Cc1ccccc1)NC1CCOC1=O. The van der Waals surface area contributed by atoms with E-state index in [9.17, 15) is 9.59 Å². The number of cyclic esters (lactones) is 1. The van der Waals surface area contributed by atoms with Crippen molar-refractivity contribution in [2.75, 3.05) is 6.61 Å². The molecule has 16 heavy (non-hydrogen) atoms. The molecule has 0 radical (unpaired) electrons. The largest absolute Gasteiger partial charge is 0.464 e. The predicted octanol–water partition coefficient (Wildman–Crippen LogP) is 0.661. The fraction of sp³-hybridized carbons (Fsp3) is 0.333. The van der Waals surface area contributed by atoms with Gasteiger partial charge in [0, 0.05) is 6.42 Å². The van der Waals surface area contributed by atoms with Crippen molar-refractivity contribution >= 4 is 11.9 Å². The second-order valence-corrected chi connectivity index (χ2v) is 3.74. The van der Waals surface area contributed by atoms with E-state index < -0.39 is 6.04 Å².